The van der Waals surface area contributed by atoms with Crippen LogP contribution in [0.15, 0.2) is 0 Å². The molecule has 0 heterocycles. The van der Waals surface area contributed by atoms with E-state index in [1.54, 1.807) is 0 Å². The molecule has 0 aliphatic heterocycles. The Morgan fingerprint density at radius 1 is 1.00 bits per heavy atom. The monoisotopic (exact) mass is 180 g/mol. The molecule has 0 aromatic heterocycles. The van der Waals surface area contributed by atoms with Crippen LogP contribution in [0, 0.1) is 0 Å². The third-order valence-electron chi connectivity index (χ3n) is 2.62. The molecule has 0 aromatic carbocycles. The number of hydrogen-bond acceptors (Lipinski definition) is 1. The Labute approximate surface area is 76.8 Å². The Kier molecular flexibility index (Phi) is 8.63. The van der Waals surface area contributed by atoms with Gasteiger partial charge < -0.3 is 22.6 Å². The van der Waals surface area contributed by atoms with Crippen LogP contribution in [0.1, 0.15) is 20.8 Å². The standard InChI is InChI=1S/C8H21N2.ClH/c1-4-10(5-2,6-3)8-7-9;/h4-9H2,1-3H3;1H/q+1;/p-1. The lowest BCUT2D eigenvalue weighted by Gasteiger charge is -2.35. The Bertz CT molecular complexity index is 73.9. The number of quaternary nitrogens is 1. The average Bonchev–Trinajstić information content (AvgIpc) is 2.01. The fourth-order valence-corrected chi connectivity index (χ4v) is 1.42. The topological polar surface area (TPSA) is 26.0 Å². The van der Waals surface area contributed by atoms with E-state index in [0.717, 1.165) is 13.1 Å². The summed E-state index contributed by atoms with van der Waals surface area (Å²) in [6.45, 7) is 12.3. The summed E-state index contributed by atoms with van der Waals surface area (Å²) < 4.78 is 1.18. The van der Waals surface area contributed by atoms with Crippen molar-refractivity contribution >= 4 is 0 Å². The zero-order valence-corrected chi connectivity index (χ0v) is 8.69. The lowest BCUT2D eigenvalue weighted by Crippen LogP contribution is -3.00. The van der Waals surface area contributed by atoms with Gasteiger partial charge in [-0.25, -0.2) is 0 Å². The normalized spacial score (nSPS) is 10.9. The number of hydrogen-bond donors (Lipinski definition) is 1. The zero-order valence-electron chi connectivity index (χ0n) is 7.94. The van der Waals surface area contributed by atoms with Crippen molar-refractivity contribution in [1.82, 2.24) is 0 Å². The second-order valence-corrected chi connectivity index (χ2v) is 2.80. The Morgan fingerprint density at radius 2 is 1.36 bits per heavy atom. The van der Waals surface area contributed by atoms with Gasteiger partial charge in [0.05, 0.1) is 26.2 Å². The van der Waals surface area contributed by atoms with Gasteiger partial charge in [0.2, 0.25) is 0 Å². The molecule has 0 amide bonds. The highest BCUT2D eigenvalue weighted by molar-refractivity contribution is 4.38. The van der Waals surface area contributed by atoms with Crippen LogP contribution in [0.4, 0.5) is 0 Å². The molecular weight excluding hydrogens is 160 g/mol. The Balaban J connectivity index is 0. The van der Waals surface area contributed by atoms with Gasteiger partial charge in [-0.15, -0.1) is 0 Å². The highest BCUT2D eigenvalue weighted by Crippen LogP contribution is 2.03. The third-order valence-corrected chi connectivity index (χ3v) is 2.62. The van der Waals surface area contributed by atoms with Crippen LogP contribution in [0.25, 0.3) is 0 Å². The summed E-state index contributed by atoms with van der Waals surface area (Å²) in [5.74, 6) is 0. The van der Waals surface area contributed by atoms with Crippen LogP contribution in [0.3, 0.4) is 0 Å². The van der Waals surface area contributed by atoms with Gasteiger partial charge in [0.1, 0.15) is 0 Å². The van der Waals surface area contributed by atoms with Crippen LogP contribution in [-0.4, -0.2) is 37.2 Å². The minimum absolute atomic E-state index is 0. The molecule has 0 radical (unpaired) electrons. The summed E-state index contributed by atoms with van der Waals surface area (Å²) in [4.78, 5) is 0. The maximum absolute atomic E-state index is 5.53. The second kappa shape index (κ2) is 6.89. The number of halogens is 1. The first-order chi connectivity index (χ1) is 4.74. The molecule has 3 heteroatoms. The summed E-state index contributed by atoms with van der Waals surface area (Å²) in [6.07, 6.45) is 0. The van der Waals surface area contributed by atoms with Crippen LogP contribution < -0.4 is 18.1 Å². The average molecular weight is 181 g/mol. The fourth-order valence-electron chi connectivity index (χ4n) is 1.42. The van der Waals surface area contributed by atoms with E-state index in [2.05, 4.69) is 20.8 Å². The minimum atomic E-state index is 0. The first-order valence-corrected chi connectivity index (χ1v) is 4.29. The number of rotatable bonds is 5. The summed E-state index contributed by atoms with van der Waals surface area (Å²) in [6, 6.07) is 0. The fraction of sp³-hybridized carbons (Fsp3) is 1.00. The van der Waals surface area contributed by atoms with Crippen LogP contribution in [0.2, 0.25) is 0 Å². The van der Waals surface area contributed by atoms with E-state index in [-0.39, 0.29) is 12.4 Å². The minimum Gasteiger partial charge on any atom is -1.00 e. The molecule has 0 aromatic rings. The third kappa shape index (κ3) is 3.94. The van der Waals surface area contributed by atoms with Crippen molar-refractivity contribution in [3.05, 3.63) is 0 Å². The van der Waals surface area contributed by atoms with Crippen molar-refractivity contribution in [2.75, 3.05) is 32.7 Å². The molecule has 2 nitrogen and oxygen atoms in total. The predicted octanol–water partition coefficient (Wildman–Crippen LogP) is -2.17. The number of likely N-dealkylation sites (N-methyl/N-ethyl adjacent to an activating group) is 1. The molecule has 0 atom stereocenters. The molecule has 0 saturated heterocycles. The molecule has 70 valence electrons. The van der Waals surface area contributed by atoms with Gasteiger partial charge in [-0.1, -0.05) is 0 Å². The van der Waals surface area contributed by atoms with Crippen LogP contribution in [0.5, 0.6) is 0 Å². The van der Waals surface area contributed by atoms with E-state index in [1.807, 2.05) is 0 Å². The molecule has 0 saturated carbocycles. The van der Waals surface area contributed by atoms with Crippen molar-refractivity contribution in [2.45, 2.75) is 20.8 Å². The highest BCUT2D eigenvalue weighted by atomic mass is 35.5. The molecule has 0 aliphatic carbocycles. The molecule has 2 N–H and O–H groups in total. The van der Waals surface area contributed by atoms with E-state index >= 15 is 0 Å². The summed E-state index contributed by atoms with van der Waals surface area (Å²) >= 11 is 0. The number of nitrogens with two attached hydrogens (primary N) is 1. The molecule has 0 fully saturated rings. The van der Waals surface area contributed by atoms with Crippen molar-refractivity contribution in [1.29, 1.82) is 0 Å². The van der Waals surface area contributed by atoms with E-state index in [9.17, 15) is 0 Å². The molecule has 11 heavy (non-hydrogen) atoms. The lowest BCUT2D eigenvalue weighted by molar-refractivity contribution is -0.921. The smallest absolute Gasteiger partial charge is 0.0911 e. The Hall–Kier alpha value is 0.210. The van der Waals surface area contributed by atoms with Gasteiger partial charge in [-0.3, -0.25) is 0 Å². The van der Waals surface area contributed by atoms with Gasteiger partial charge in [-0.05, 0) is 20.8 Å². The van der Waals surface area contributed by atoms with E-state index in [0.29, 0.717) is 0 Å². The lowest BCUT2D eigenvalue weighted by atomic mass is 10.3. The van der Waals surface area contributed by atoms with Gasteiger partial charge in [0.15, 0.2) is 0 Å². The van der Waals surface area contributed by atoms with Gasteiger partial charge in [0, 0.05) is 6.54 Å². The summed E-state index contributed by atoms with van der Waals surface area (Å²) in [5, 5.41) is 0. The van der Waals surface area contributed by atoms with Crippen molar-refractivity contribution in [3.63, 3.8) is 0 Å². The molecule has 0 rings (SSSR count). The second-order valence-electron chi connectivity index (χ2n) is 2.80. The number of nitrogens with zero attached hydrogens (tertiary/aromatic N) is 1. The van der Waals surface area contributed by atoms with Crippen molar-refractivity contribution < 1.29 is 16.9 Å². The first kappa shape index (κ1) is 13.8. The summed E-state index contributed by atoms with van der Waals surface area (Å²) in [5.41, 5.74) is 5.53. The molecule has 0 unspecified atom stereocenters. The molecule has 0 aliphatic rings. The van der Waals surface area contributed by atoms with Crippen molar-refractivity contribution in [3.8, 4) is 0 Å². The highest BCUT2D eigenvalue weighted by Gasteiger charge is 2.18. The summed E-state index contributed by atoms with van der Waals surface area (Å²) in [7, 11) is 0. The van der Waals surface area contributed by atoms with E-state index < -0.39 is 0 Å². The predicted molar refractivity (Wildman–Crippen MR) is 45.8 cm³/mol. The van der Waals surface area contributed by atoms with Gasteiger partial charge in [0.25, 0.3) is 0 Å². The van der Waals surface area contributed by atoms with Crippen LogP contribution >= 0.6 is 0 Å². The van der Waals surface area contributed by atoms with Crippen LogP contribution in [-0.2, 0) is 0 Å². The van der Waals surface area contributed by atoms with Gasteiger partial charge >= 0.3 is 0 Å². The maximum atomic E-state index is 5.53. The van der Waals surface area contributed by atoms with Gasteiger partial charge in [-0.2, -0.15) is 0 Å². The first-order valence-electron chi connectivity index (χ1n) is 4.29. The maximum Gasteiger partial charge on any atom is 0.0911 e. The van der Waals surface area contributed by atoms with Crippen molar-refractivity contribution in [2.24, 2.45) is 5.73 Å². The molecule has 0 bridgehead atoms. The van der Waals surface area contributed by atoms with E-state index in [4.69, 9.17) is 5.73 Å². The molecule has 0 spiro atoms. The Morgan fingerprint density at radius 3 is 1.45 bits per heavy atom. The van der Waals surface area contributed by atoms with E-state index in [1.165, 1.54) is 24.1 Å². The SMILES string of the molecule is CC[N+](CC)(CC)CCN.[Cl-]. The zero-order chi connectivity index (χ0) is 8.04. The quantitative estimate of drug-likeness (QED) is 0.479. The largest absolute Gasteiger partial charge is 1.00 e. The molecular formula is C8H21ClN2.